The highest BCUT2D eigenvalue weighted by molar-refractivity contribution is 6.01. The number of carbonyl (C=O) groups is 1. The fraction of sp³-hybridized carbons (Fsp3) is 0.548. The van der Waals surface area contributed by atoms with E-state index in [-0.39, 0.29) is 23.1 Å². The van der Waals surface area contributed by atoms with E-state index in [9.17, 15) is 20.0 Å². The van der Waals surface area contributed by atoms with Gasteiger partial charge < -0.3 is 15.6 Å². The molecule has 0 aliphatic heterocycles. The van der Waals surface area contributed by atoms with Gasteiger partial charge >= 0.3 is 5.97 Å². The monoisotopic (exact) mass is 670 g/mol. The molecule has 4 rings (SSSR count). The number of unbranched alkanes of at least 4 members (excludes halogenated alkanes) is 6. The van der Waals surface area contributed by atoms with Crippen molar-refractivity contribution in [2.75, 3.05) is 5.73 Å². The minimum absolute atomic E-state index is 0.0725. The zero-order valence-corrected chi connectivity index (χ0v) is 30.1. The first-order chi connectivity index (χ1) is 23.7. The summed E-state index contributed by atoms with van der Waals surface area (Å²) in [6, 6.07) is 17.2. The molecule has 0 unspecified atom stereocenters. The van der Waals surface area contributed by atoms with E-state index in [1.165, 1.54) is 76.2 Å². The number of hydrogen-bond donors (Lipinski definition) is 2. The number of rotatable bonds is 20. The standard InChI is InChI=1S/C42H58N2O5/c1-4-6-8-10-13-30(3)49-41-38(43)29-37(42(45)46)40(44(47)48)39(41)36-27-25-35(26-28-36)34-23-21-33(22-24-34)16-12-11-15-32-19-17-31(18-20-32)14-9-7-5-2/h21-32H,4-20,43H2,1-3H3,(H,45,46)/t30-,31-,32-/m1/s1. The Kier molecular flexibility index (Phi) is 15.0. The molecule has 0 amide bonds. The van der Waals surface area contributed by atoms with Gasteiger partial charge in [-0.15, -0.1) is 0 Å². The van der Waals surface area contributed by atoms with Crippen molar-refractivity contribution in [2.45, 2.75) is 136 Å². The molecule has 0 aromatic heterocycles. The van der Waals surface area contributed by atoms with Crippen LogP contribution in [0.2, 0.25) is 0 Å². The number of hydrogen-bond acceptors (Lipinski definition) is 5. The van der Waals surface area contributed by atoms with Crippen molar-refractivity contribution in [1.82, 2.24) is 0 Å². The van der Waals surface area contributed by atoms with E-state index < -0.39 is 22.1 Å². The van der Waals surface area contributed by atoms with Crippen molar-refractivity contribution in [1.29, 1.82) is 0 Å². The quantitative estimate of drug-likeness (QED) is 0.0535. The topological polar surface area (TPSA) is 116 Å². The molecule has 1 aliphatic rings. The molecule has 266 valence electrons. The second-order valence-electron chi connectivity index (χ2n) is 14.3. The van der Waals surface area contributed by atoms with Crippen LogP contribution in [0.3, 0.4) is 0 Å². The summed E-state index contributed by atoms with van der Waals surface area (Å²) in [7, 11) is 0. The SMILES string of the molecule is CCCCCC[C@@H](C)Oc1c(N)cc(C(=O)O)c([N+](=O)[O-])c1-c1ccc(-c2ccc(CCCC[C@H]3CC[C@H](CCCCC)CC3)cc2)cc1. The van der Waals surface area contributed by atoms with Gasteiger partial charge in [-0.05, 0) is 72.8 Å². The second kappa shape index (κ2) is 19.4. The average molecular weight is 671 g/mol. The summed E-state index contributed by atoms with van der Waals surface area (Å²) >= 11 is 0. The van der Waals surface area contributed by atoms with Crippen molar-refractivity contribution in [3.05, 3.63) is 75.8 Å². The minimum atomic E-state index is -1.41. The summed E-state index contributed by atoms with van der Waals surface area (Å²) in [6.07, 6.45) is 21.0. The fourth-order valence-corrected chi connectivity index (χ4v) is 7.49. The lowest BCUT2D eigenvalue weighted by atomic mass is 9.78. The summed E-state index contributed by atoms with van der Waals surface area (Å²) in [5.41, 5.74) is 9.37. The Labute approximate surface area is 293 Å². The Hall–Kier alpha value is -3.87. The summed E-state index contributed by atoms with van der Waals surface area (Å²) < 4.78 is 6.24. The largest absolute Gasteiger partial charge is 0.488 e. The van der Waals surface area contributed by atoms with Crippen LogP contribution >= 0.6 is 0 Å². The van der Waals surface area contributed by atoms with Crippen molar-refractivity contribution in [3.8, 4) is 28.0 Å². The van der Waals surface area contributed by atoms with E-state index >= 15 is 0 Å². The zero-order chi connectivity index (χ0) is 35.2. The van der Waals surface area contributed by atoms with Crippen LogP contribution in [-0.4, -0.2) is 22.1 Å². The van der Waals surface area contributed by atoms with Crippen LogP contribution in [0.5, 0.6) is 5.75 Å². The molecule has 7 heteroatoms. The molecule has 1 fully saturated rings. The van der Waals surface area contributed by atoms with Crippen molar-refractivity contribution in [2.24, 2.45) is 11.8 Å². The summed E-state index contributed by atoms with van der Waals surface area (Å²) in [4.78, 5) is 23.7. The van der Waals surface area contributed by atoms with Crippen LogP contribution < -0.4 is 10.5 Å². The lowest BCUT2D eigenvalue weighted by molar-refractivity contribution is -0.384. The third-order valence-electron chi connectivity index (χ3n) is 10.4. The number of carboxylic acids is 1. The molecule has 1 saturated carbocycles. The maximum atomic E-state index is 12.3. The fourth-order valence-electron chi connectivity index (χ4n) is 7.49. The maximum absolute atomic E-state index is 12.3. The van der Waals surface area contributed by atoms with Gasteiger partial charge in [0.1, 0.15) is 11.1 Å². The number of carboxylic acid groups (broad SMARTS) is 1. The van der Waals surface area contributed by atoms with Gasteiger partial charge in [0, 0.05) is 0 Å². The van der Waals surface area contributed by atoms with Crippen LogP contribution in [0.15, 0.2) is 54.6 Å². The minimum Gasteiger partial charge on any atom is -0.488 e. The number of nitrogens with two attached hydrogens (primary N) is 1. The van der Waals surface area contributed by atoms with Crippen molar-refractivity contribution in [3.63, 3.8) is 0 Å². The van der Waals surface area contributed by atoms with Gasteiger partial charge in [-0.25, -0.2) is 4.79 Å². The van der Waals surface area contributed by atoms with Crippen LogP contribution in [0.1, 0.15) is 139 Å². The predicted octanol–water partition coefficient (Wildman–Crippen LogP) is 12.0. The Morgan fingerprint density at radius 1 is 0.837 bits per heavy atom. The van der Waals surface area contributed by atoms with E-state index in [1.54, 1.807) is 12.1 Å². The summed E-state index contributed by atoms with van der Waals surface area (Å²) in [5.74, 6) is 0.643. The number of aryl methyl sites for hydroxylation is 1. The molecular weight excluding hydrogens is 612 g/mol. The first-order valence-electron chi connectivity index (χ1n) is 18.9. The predicted molar refractivity (Wildman–Crippen MR) is 201 cm³/mol. The molecular formula is C42H58N2O5. The number of nitro groups is 1. The highest BCUT2D eigenvalue weighted by atomic mass is 16.6. The number of benzene rings is 3. The third-order valence-corrected chi connectivity index (χ3v) is 10.4. The molecule has 3 aromatic rings. The average Bonchev–Trinajstić information content (AvgIpc) is 3.10. The first-order valence-corrected chi connectivity index (χ1v) is 18.9. The first kappa shape index (κ1) is 37.9. The van der Waals surface area contributed by atoms with Gasteiger partial charge in [-0.3, -0.25) is 10.1 Å². The smallest absolute Gasteiger partial charge is 0.342 e. The number of nitrogen functional groups attached to an aromatic ring is 1. The normalized spacial score (nSPS) is 16.7. The molecule has 49 heavy (non-hydrogen) atoms. The summed E-state index contributed by atoms with van der Waals surface area (Å²) in [5, 5.41) is 22.1. The van der Waals surface area contributed by atoms with Crippen LogP contribution in [0.4, 0.5) is 11.4 Å². The molecule has 0 spiro atoms. The number of nitrogens with zero attached hydrogens (tertiary/aromatic N) is 1. The Morgan fingerprint density at radius 3 is 1.92 bits per heavy atom. The molecule has 1 atom stereocenters. The van der Waals surface area contributed by atoms with Gasteiger partial charge in [0.25, 0.3) is 5.69 Å². The van der Waals surface area contributed by atoms with Crippen molar-refractivity contribution >= 4 is 17.3 Å². The second-order valence-corrected chi connectivity index (χ2v) is 14.3. The van der Waals surface area contributed by atoms with Gasteiger partial charge in [0.05, 0.1) is 16.7 Å². The van der Waals surface area contributed by atoms with Gasteiger partial charge in [-0.1, -0.05) is 146 Å². The van der Waals surface area contributed by atoms with E-state index in [2.05, 4.69) is 38.1 Å². The molecule has 0 bridgehead atoms. The van der Waals surface area contributed by atoms with Crippen LogP contribution in [-0.2, 0) is 6.42 Å². The number of anilines is 1. The zero-order valence-electron chi connectivity index (χ0n) is 30.1. The van der Waals surface area contributed by atoms with Gasteiger partial charge in [0.2, 0.25) is 0 Å². The van der Waals surface area contributed by atoms with Crippen LogP contribution in [0.25, 0.3) is 22.3 Å². The molecule has 0 saturated heterocycles. The van der Waals surface area contributed by atoms with Crippen molar-refractivity contribution < 1.29 is 19.6 Å². The van der Waals surface area contributed by atoms with E-state index in [0.29, 0.717) is 5.56 Å². The Morgan fingerprint density at radius 2 is 1.37 bits per heavy atom. The van der Waals surface area contributed by atoms with E-state index in [1.807, 2.05) is 19.1 Å². The number of aromatic carboxylic acids is 1. The summed E-state index contributed by atoms with van der Waals surface area (Å²) in [6.45, 7) is 6.36. The molecule has 0 radical (unpaired) electrons. The molecule has 3 N–H and O–H groups in total. The van der Waals surface area contributed by atoms with Gasteiger partial charge in [0.15, 0.2) is 5.75 Å². The number of ether oxygens (including phenoxy) is 1. The Bertz CT molecular complexity index is 1480. The third kappa shape index (κ3) is 11.1. The highest BCUT2D eigenvalue weighted by Crippen LogP contribution is 2.45. The van der Waals surface area contributed by atoms with Gasteiger partial charge in [-0.2, -0.15) is 0 Å². The van der Waals surface area contributed by atoms with E-state index in [4.69, 9.17) is 10.5 Å². The lowest BCUT2D eigenvalue weighted by Crippen LogP contribution is -2.15. The number of nitro benzene ring substituents is 1. The molecule has 0 heterocycles. The molecule has 1 aliphatic carbocycles. The molecule has 7 nitrogen and oxygen atoms in total. The van der Waals surface area contributed by atoms with E-state index in [0.717, 1.165) is 67.6 Å². The van der Waals surface area contributed by atoms with Crippen LogP contribution in [0, 0.1) is 22.0 Å². The lowest BCUT2D eigenvalue weighted by Gasteiger charge is -2.28. The Balaban J connectivity index is 1.40. The maximum Gasteiger partial charge on any atom is 0.342 e. The highest BCUT2D eigenvalue weighted by Gasteiger charge is 2.32. The molecule has 3 aromatic carbocycles.